The number of methoxy groups -OCH3 is 2. The number of hydrogen-bond acceptors (Lipinski definition) is 9. The number of fused-ring (bicyclic) bond motifs is 2. The van der Waals surface area contributed by atoms with Crippen LogP contribution in [0.1, 0.15) is 71.8 Å². The van der Waals surface area contributed by atoms with Crippen molar-refractivity contribution >= 4 is 23.9 Å². The van der Waals surface area contributed by atoms with E-state index < -0.39 is 53.1 Å². The van der Waals surface area contributed by atoms with Gasteiger partial charge in [0.2, 0.25) is 11.8 Å². The molecule has 2 aromatic carbocycles. The Morgan fingerprint density at radius 3 is 2.36 bits per heavy atom. The number of carboxylic acid groups (broad SMARTS) is 1. The van der Waals surface area contributed by atoms with E-state index in [0.717, 1.165) is 30.4 Å². The van der Waals surface area contributed by atoms with Gasteiger partial charge < -0.3 is 34.9 Å². The lowest BCUT2D eigenvalue weighted by atomic mass is 10.0. The van der Waals surface area contributed by atoms with Crippen LogP contribution < -0.4 is 20.1 Å². The predicted molar refractivity (Wildman–Crippen MR) is 195 cm³/mol. The lowest BCUT2D eigenvalue weighted by Gasteiger charge is -2.30. The first-order chi connectivity index (χ1) is 25.3. The van der Waals surface area contributed by atoms with Gasteiger partial charge in [-0.3, -0.25) is 9.59 Å². The fraction of sp³-hybridized carbons (Fsp3) is 0.487. The maximum atomic E-state index is 14.5. The number of hydrogen-bond donors (Lipinski definition) is 3. The molecule has 0 radical (unpaired) electrons. The van der Waals surface area contributed by atoms with Gasteiger partial charge in [-0.15, -0.1) is 0 Å². The number of carbonyl (C=O) groups is 4. The van der Waals surface area contributed by atoms with Crippen molar-refractivity contribution in [2.45, 2.75) is 95.0 Å². The summed E-state index contributed by atoms with van der Waals surface area (Å²) >= 11 is 0. The van der Waals surface area contributed by atoms with Crippen molar-refractivity contribution in [3.8, 4) is 34.0 Å². The van der Waals surface area contributed by atoms with E-state index in [2.05, 4.69) is 10.6 Å². The van der Waals surface area contributed by atoms with Gasteiger partial charge in [-0.25, -0.2) is 9.59 Å². The quantitative estimate of drug-likeness (QED) is 0.276. The highest BCUT2D eigenvalue weighted by Crippen LogP contribution is 2.46. The van der Waals surface area contributed by atoms with Crippen molar-refractivity contribution < 1.29 is 38.5 Å². The third-order valence-electron chi connectivity index (χ3n) is 9.99. The van der Waals surface area contributed by atoms with E-state index in [1.54, 1.807) is 35.0 Å². The van der Waals surface area contributed by atoms with Gasteiger partial charge >= 0.3 is 12.1 Å². The molecule has 3 amide bonds. The molecule has 53 heavy (non-hydrogen) atoms. The van der Waals surface area contributed by atoms with E-state index in [0.29, 0.717) is 35.7 Å². The van der Waals surface area contributed by atoms with Gasteiger partial charge in [-0.05, 0) is 82.9 Å². The molecule has 5 atom stereocenters. The highest BCUT2D eigenvalue weighted by atomic mass is 16.6. The molecule has 3 aliphatic rings. The maximum absolute atomic E-state index is 14.5. The molecule has 0 unspecified atom stereocenters. The molecular formula is C39H48N6O8. The summed E-state index contributed by atoms with van der Waals surface area (Å²) in [5.74, 6) is -1.21. The number of rotatable bonds is 7. The van der Waals surface area contributed by atoms with Gasteiger partial charge in [-0.2, -0.15) is 15.0 Å². The summed E-state index contributed by atoms with van der Waals surface area (Å²) in [6.45, 7) is 5.26. The van der Waals surface area contributed by atoms with Gasteiger partial charge in [0.15, 0.2) is 0 Å². The standard InChI is InChI=1S/C39H48N6O8/c1-38(2,3)53-37(50)40-30-15-10-8-6-7-9-13-26-22-39(26,36(48)49)41-34(46)31-21-27(23-44(31)35(30)47)45-42-32(24-16-18-28(51-4)19-17-24)33(43-45)25-12-11-14-29(20-25)52-5/h9,11-14,16-20,26-27,30-31H,6-8,10,15,21-23H2,1-5H3,(H,40,50)(H,41,46)(H,48,49)/t26-,27-,30-,31+,39+/m1/s1. The molecule has 3 aromatic rings. The Bertz CT molecular complexity index is 1870. The van der Waals surface area contributed by atoms with E-state index in [4.69, 9.17) is 24.4 Å². The largest absolute Gasteiger partial charge is 0.497 e. The zero-order valence-corrected chi connectivity index (χ0v) is 30.8. The van der Waals surface area contributed by atoms with Gasteiger partial charge in [0.05, 0.1) is 20.3 Å². The highest BCUT2D eigenvalue weighted by molar-refractivity contribution is 5.96. The minimum Gasteiger partial charge on any atom is -0.497 e. The van der Waals surface area contributed by atoms with Gasteiger partial charge in [-0.1, -0.05) is 37.1 Å². The van der Waals surface area contributed by atoms with Crippen molar-refractivity contribution in [3.63, 3.8) is 0 Å². The summed E-state index contributed by atoms with van der Waals surface area (Å²) in [6.07, 6.45) is 6.80. The van der Waals surface area contributed by atoms with Crippen molar-refractivity contribution in [2.24, 2.45) is 5.92 Å². The third-order valence-corrected chi connectivity index (χ3v) is 9.99. The Kier molecular flexibility index (Phi) is 10.8. The lowest BCUT2D eigenvalue weighted by Crippen LogP contribution is -2.56. The minimum atomic E-state index is -1.46. The fourth-order valence-corrected chi connectivity index (χ4v) is 7.09. The van der Waals surface area contributed by atoms with Crippen molar-refractivity contribution in [1.82, 2.24) is 30.5 Å². The van der Waals surface area contributed by atoms with E-state index in [9.17, 15) is 24.3 Å². The first-order valence-corrected chi connectivity index (χ1v) is 18.1. The van der Waals surface area contributed by atoms with Crippen LogP contribution in [0.25, 0.3) is 22.5 Å². The van der Waals surface area contributed by atoms with Crippen molar-refractivity contribution in [2.75, 3.05) is 20.8 Å². The molecule has 1 saturated heterocycles. The number of nitrogens with one attached hydrogen (secondary N) is 2. The number of amides is 3. The van der Waals surface area contributed by atoms with Gasteiger partial charge in [0, 0.05) is 30.0 Å². The van der Waals surface area contributed by atoms with Crippen LogP contribution in [0.15, 0.2) is 60.7 Å². The molecular weight excluding hydrogens is 680 g/mol. The Hall–Kier alpha value is -5.40. The first kappa shape index (κ1) is 37.4. The average Bonchev–Trinajstić information content (AvgIpc) is 3.43. The van der Waals surface area contributed by atoms with Gasteiger partial charge in [0.1, 0.15) is 46.1 Å². The van der Waals surface area contributed by atoms with Crippen molar-refractivity contribution in [1.29, 1.82) is 0 Å². The molecule has 6 rings (SSSR count). The molecule has 14 heteroatoms. The smallest absolute Gasteiger partial charge is 0.408 e. The Labute approximate surface area is 308 Å². The summed E-state index contributed by atoms with van der Waals surface area (Å²) < 4.78 is 16.4. The number of allylic oxidation sites excluding steroid dienone is 1. The van der Waals surface area contributed by atoms with Crippen LogP contribution in [-0.4, -0.2) is 92.9 Å². The molecule has 1 aromatic heterocycles. The molecule has 3 heterocycles. The Morgan fingerprint density at radius 2 is 1.68 bits per heavy atom. The summed E-state index contributed by atoms with van der Waals surface area (Å²) in [6, 6.07) is 12.3. The summed E-state index contributed by atoms with van der Waals surface area (Å²) in [7, 11) is 3.18. The van der Waals surface area contributed by atoms with Crippen molar-refractivity contribution in [3.05, 3.63) is 60.7 Å². The van der Waals surface area contributed by atoms with Crippen LogP contribution in [0, 0.1) is 5.92 Å². The molecule has 3 N–H and O–H groups in total. The first-order valence-electron chi connectivity index (χ1n) is 18.1. The normalized spacial score (nSPS) is 24.9. The van der Waals surface area contributed by atoms with E-state index in [1.807, 2.05) is 60.7 Å². The molecule has 2 aliphatic heterocycles. The second kappa shape index (κ2) is 15.3. The molecule has 1 aliphatic carbocycles. The number of aromatic nitrogens is 3. The zero-order chi connectivity index (χ0) is 37.9. The number of ether oxygens (including phenoxy) is 3. The molecule has 2 fully saturated rings. The molecule has 14 nitrogen and oxygen atoms in total. The van der Waals surface area contributed by atoms with E-state index in [1.165, 1.54) is 9.70 Å². The highest BCUT2D eigenvalue weighted by Gasteiger charge is 2.61. The fourth-order valence-electron chi connectivity index (χ4n) is 7.09. The number of aliphatic carboxylic acids is 1. The van der Waals surface area contributed by atoms with Crippen LogP contribution in [0.2, 0.25) is 0 Å². The number of benzene rings is 2. The Morgan fingerprint density at radius 1 is 0.962 bits per heavy atom. The molecule has 0 spiro atoms. The monoisotopic (exact) mass is 728 g/mol. The SMILES string of the molecule is COc1ccc(-c2nn([C@@H]3C[C@H]4C(=O)N[C@@]5(C(=O)O)C[C@H]5C=CCCCCC[C@@H](NC(=O)OC(C)(C)C)C(=O)N4C3)nc2-c2cccc(OC)c2)cc1. The summed E-state index contributed by atoms with van der Waals surface area (Å²) in [5.41, 5.74) is 0.412. The molecule has 0 bridgehead atoms. The number of alkyl carbamates (subject to hydrolysis) is 1. The third kappa shape index (κ3) is 8.31. The van der Waals surface area contributed by atoms with Crippen LogP contribution in [0.3, 0.4) is 0 Å². The number of carboxylic acids is 1. The van der Waals surface area contributed by atoms with E-state index in [-0.39, 0.29) is 25.3 Å². The summed E-state index contributed by atoms with van der Waals surface area (Å²) in [4.78, 5) is 57.2. The number of nitrogens with zero attached hydrogens (tertiary/aromatic N) is 4. The van der Waals surface area contributed by atoms with Gasteiger partial charge in [0.25, 0.3) is 0 Å². The van der Waals surface area contributed by atoms with Crippen LogP contribution in [0.4, 0.5) is 4.79 Å². The Balaban J connectivity index is 1.38. The maximum Gasteiger partial charge on any atom is 0.408 e. The topological polar surface area (TPSA) is 174 Å². The average molecular weight is 729 g/mol. The predicted octanol–water partition coefficient (Wildman–Crippen LogP) is 5.14. The number of carbonyl (C=O) groups excluding carboxylic acids is 3. The second-order valence-corrected chi connectivity index (χ2v) is 14.9. The summed E-state index contributed by atoms with van der Waals surface area (Å²) in [5, 5.41) is 25.7. The van der Waals surface area contributed by atoms with E-state index >= 15 is 0 Å². The minimum absolute atomic E-state index is 0.0428. The molecule has 1 saturated carbocycles. The lowest BCUT2D eigenvalue weighted by molar-refractivity contribution is -0.145. The van der Waals surface area contributed by atoms with Crippen LogP contribution in [0.5, 0.6) is 11.5 Å². The van der Waals surface area contributed by atoms with Crippen LogP contribution in [-0.2, 0) is 19.1 Å². The zero-order valence-electron chi connectivity index (χ0n) is 30.8. The second-order valence-electron chi connectivity index (χ2n) is 14.9. The molecule has 282 valence electrons. The van der Waals surface area contributed by atoms with Crippen LogP contribution >= 0.6 is 0 Å².